The van der Waals surface area contributed by atoms with E-state index in [0.29, 0.717) is 0 Å². The molecular weight excluding hydrogens is 384 g/mol. The number of hydrogen-bond acceptors (Lipinski definition) is 4. The smallest absolute Gasteiger partial charge is 0.230 e. The number of piperidine rings is 1. The largest absolute Gasteiger partial charge is 0.356 e. The predicted octanol–water partition coefficient (Wildman–Crippen LogP) is 4.65. The first-order valence-electron chi connectivity index (χ1n) is 11.2. The van der Waals surface area contributed by atoms with E-state index in [1.807, 2.05) is 23.1 Å². The topological polar surface area (TPSA) is 49.3 Å². The number of anilines is 2. The number of aromatic nitrogens is 2. The van der Waals surface area contributed by atoms with E-state index in [0.717, 1.165) is 68.1 Å². The van der Waals surface area contributed by atoms with Gasteiger partial charge in [-0.2, -0.15) is 0 Å². The number of fused-ring (bicyclic) bond motifs is 1. The fraction of sp³-hybridized carbons (Fsp3) is 0.346. The molecule has 5 rings (SSSR count). The molecule has 0 saturated carbocycles. The van der Waals surface area contributed by atoms with Crippen LogP contribution >= 0.6 is 0 Å². The lowest BCUT2D eigenvalue weighted by atomic mass is 9.92. The molecule has 5 heteroatoms. The Labute approximate surface area is 183 Å². The van der Waals surface area contributed by atoms with Crippen LogP contribution in [-0.2, 0) is 11.2 Å². The van der Waals surface area contributed by atoms with E-state index in [9.17, 15) is 4.79 Å². The molecule has 0 atom stereocenters. The summed E-state index contributed by atoms with van der Waals surface area (Å²) in [6.45, 7) is 4.64. The summed E-state index contributed by atoms with van der Waals surface area (Å²) in [6.07, 6.45) is 5.48. The molecule has 3 heterocycles. The van der Waals surface area contributed by atoms with Gasteiger partial charge in [0.15, 0.2) is 0 Å². The van der Waals surface area contributed by atoms with E-state index in [-0.39, 0.29) is 11.8 Å². The number of carbonyl (C=O) groups excluding carboxylic acids is 1. The zero-order valence-corrected chi connectivity index (χ0v) is 18.0. The van der Waals surface area contributed by atoms with Crippen LogP contribution in [0.25, 0.3) is 11.3 Å². The Balaban J connectivity index is 1.27. The number of hydrogen-bond donors (Lipinski definition) is 0. The molecule has 1 saturated heterocycles. The minimum Gasteiger partial charge on any atom is -0.356 e. The Bertz CT molecular complexity index is 1070. The Morgan fingerprint density at radius 1 is 0.968 bits per heavy atom. The molecule has 31 heavy (non-hydrogen) atoms. The lowest BCUT2D eigenvalue weighted by molar-refractivity contribution is -0.123. The number of nitrogens with zero attached hydrogens (tertiary/aromatic N) is 4. The molecule has 0 N–H and O–H groups in total. The van der Waals surface area contributed by atoms with Crippen molar-refractivity contribution in [3.63, 3.8) is 0 Å². The third-order valence-electron chi connectivity index (χ3n) is 6.51. The van der Waals surface area contributed by atoms with Gasteiger partial charge in [-0.25, -0.2) is 9.97 Å². The van der Waals surface area contributed by atoms with Gasteiger partial charge in [0.25, 0.3) is 0 Å². The first kappa shape index (κ1) is 19.7. The van der Waals surface area contributed by atoms with Gasteiger partial charge in [0, 0.05) is 42.9 Å². The van der Waals surface area contributed by atoms with E-state index >= 15 is 0 Å². The standard InChI is InChI=1S/C26H28N4O/c1-19-9-10-24-22(16-19)8-5-13-30(24)26(31)21-11-14-29(15-12-21)25-17-23(27-18-28-25)20-6-3-2-4-7-20/h2-4,6-7,9-10,16-18,21H,5,8,11-15H2,1H3. The number of rotatable bonds is 3. The average Bonchev–Trinajstić information content (AvgIpc) is 2.84. The summed E-state index contributed by atoms with van der Waals surface area (Å²) in [5, 5.41) is 0. The zero-order valence-electron chi connectivity index (χ0n) is 18.0. The van der Waals surface area contributed by atoms with Crippen molar-refractivity contribution in [2.24, 2.45) is 5.92 Å². The van der Waals surface area contributed by atoms with Crippen LogP contribution in [0, 0.1) is 12.8 Å². The SMILES string of the molecule is Cc1ccc2c(c1)CCCN2C(=O)C1CCN(c2cc(-c3ccccc3)ncn2)CC1. The van der Waals surface area contributed by atoms with Gasteiger partial charge in [0.2, 0.25) is 5.91 Å². The van der Waals surface area contributed by atoms with Crippen LogP contribution in [0.5, 0.6) is 0 Å². The average molecular weight is 413 g/mol. The van der Waals surface area contributed by atoms with Gasteiger partial charge in [0.1, 0.15) is 12.1 Å². The lowest BCUT2D eigenvalue weighted by Crippen LogP contribution is -2.44. The van der Waals surface area contributed by atoms with Gasteiger partial charge in [0.05, 0.1) is 5.69 Å². The van der Waals surface area contributed by atoms with Crippen molar-refractivity contribution in [2.45, 2.75) is 32.6 Å². The van der Waals surface area contributed by atoms with E-state index in [2.05, 4.69) is 58.2 Å². The highest BCUT2D eigenvalue weighted by atomic mass is 16.2. The maximum Gasteiger partial charge on any atom is 0.230 e. The molecule has 1 aromatic heterocycles. The highest BCUT2D eigenvalue weighted by Crippen LogP contribution is 2.32. The van der Waals surface area contributed by atoms with Crippen molar-refractivity contribution in [2.75, 3.05) is 29.4 Å². The van der Waals surface area contributed by atoms with Crippen LogP contribution < -0.4 is 9.80 Å². The summed E-state index contributed by atoms with van der Waals surface area (Å²) in [5.74, 6) is 1.31. The van der Waals surface area contributed by atoms with Crippen molar-refractivity contribution in [1.29, 1.82) is 0 Å². The summed E-state index contributed by atoms with van der Waals surface area (Å²) in [6, 6.07) is 18.7. The minimum absolute atomic E-state index is 0.0823. The fourth-order valence-electron chi connectivity index (χ4n) is 4.82. The summed E-state index contributed by atoms with van der Waals surface area (Å²) in [4.78, 5) is 26.6. The van der Waals surface area contributed by atoms with Crippen LogP contribution in [0.1, 0.15) is 30.4 Å². The molecular formula is C26H28N4O. The van der Waals surface area contributed by atoms with Crippen molar-refractivity contribution in [1.82, 2.24) is 9.97 Å². The van der Waals surface area contributed by atoms with Crippen molar-refractivity contribution in [3.8, 4) is 11.3 Å². The van der Waals surface area contributed by atoms with Gasteiger partial charge in [-0.15, -0.1) is 0 Å². The number of carbonyl (C=O) groups is 1. The fourth-order valence-corrected chi connectivity index (χ4v) is 4.82. The first-order chi connectivity index (χ1) is 15.2. The summed E-state index contributed by atoms with van der Waals surface area (Å²) >= 11 is 0. The third-order valence-corrected chi connectivity index (χ3v) is 6.51. The number of amides is 1. The number of aryl methyl sites for hydroxylation is 2. The van der Waals surface area contributed by atoms with Crippen LogP contribution in [0.3, 0.4) is 0 Å². The molecule has 0 spiro atoms. The van der Waals surface area contributed by atoms with E-state index in [1.165, 1.54) is 11.1 Å². The molecule has 1 amide bonds. The molecule has 0 bridgehead atoms. The van der Waals surface area contributed by atoms with Crippen molar-refractivity contribution >= 4 is 17.4 Å². The molecule has 3 aromatic rings. The summed E-state index contributed by atoms with van der Waals surface area (Å²) < 4.78 is 0. The summed E-state index contributed by atoms with van der Waals surface area (Å²) in [7, 11) is 0. The second-order valence-electron chi connectivity index (χ2n) is 8.61. The molecule has 158 valence electrons. The molecule has 2 aliphatic heterocycles. The third kappa shape index (κ3) is 4.05. The second-order valence-corrected chi connectivity index (χ2v) is 8.61. The Kier molecular flexibility index (Phi) is 5.41. The van der Waals surface area contributed by atoms with E-state index in [1.54, 1.807) is 6.33 Å². The predicted molar refractivity (Wildman–Crippen MR) is 124 cm³/mol. The van der Waals surface area contributed by atoms with Crippen LogP contribution in [0.15, 0.2) is 60.9 Å². The molecule has 2 aliphatic rings. The molecule has 0 aliphatic carbocycles. The van der Waals surface area contributed by atoms with Gasteiger partial charge in [-0.3, -0.25) is 4.79 Å². The van der Waals surface area contributed by atoms with Crippen molar-refractivity contribution in [3.05, 3.63) is 72.1 Å². The van der Waals surface area contributed by atoms with Gasteiger partial charge < -0.3 is 9.80 Å². The normalized spacial score (nSPS) is 16.8. The van der Waals surface area contributed by atoms with E-state index < -0.39 is 0 Å². The van der Waals surface area contributed by atoms with Gasteiger partial charge >= 0.3 is 0 Å². The lowest BCUT2D eigenvalue weighted by Gasteiger charge is -2.37. The highest BCUT2D eigenvalue weighted by molar-refractivity contribution is 5.96. The summed E-state index contributed by atoms with van der Waals surface area (Å²) in [5.41, 5.74) is 5.72. The van der Waals surface area contributed by atoms with Gasteiger partial charge in [-0.1, -0.05) is 48.0 Å². The van der Waals surface area contributed by atoms with Crippen LogP contribution in [0.2, 0.25) is 0 Å². The molecule has 2 aromatic carbocycles. The number of benzene rings is 2. The quantitative estimate of drug-likeness (QED) is 0.628. The zero-order chi connectivity index (χ0) is 21.2. The van der Waals surface area contributed by atoms with E-state index in [4.69, 9.17) is 0 Å². The highest BCUT2D eigenvalue weighted by Gasteiger charge is 2.31. The Morgan fingerprint density at radius 2 is 1.77 bits per heavy atom. The maximum absolute atomic E-state index is 13.4. The Morgan fingerprint density at radius 3 is 2.58 bits per heavy atom. The maximum atomic E-state index is 13.4. The second kappa shape index (κ2) is 8.50. The molecule has 1 fully saturated rings. The minimum atomic E-state index is 0.0823. The van der Waals surface area contributed by atoms with Crippen LogP contribution in [-0.4, -0.2) is 35.5 Å². The monoisotopic (exact) mass is 412 g/mol. The Hall–Kier alpha value is -3.21. The van der Waals surface area contributed by atoms with Crippen LogP contribution in [0.4, 0.5) is 11.5 Å². The molecule has 5 nitrogen and oxygen atoms in total. The molecule has 0 unspecified atom stereocenters. The first-order valence-corrected chi connectivity index (χ1v) is 11.2. The molecule has 0 radical (unpaired) electrons. The van der Waals surface area contributed by atoms with Crippen molar-refractivity contribution < 1.29 is 4.79 Å². The van der Waals surface area contributed by atoms with Gasteiger partial charge in [-0.05, 0) is 44.2 Å².